The topological polar surface area (TPSA) is 73.1 Å². The molecule has 4 nitrogen and oxygen atoms in total. The Morgan fingerprint density at radius 2 is 1.78 bits per heavy atom. The molecule has 0 bridgehead atoms. The van der Waals surface area contributed by atoms with Crippen molar-refractivity contribution in [2.45, 2.75) is 26.7 Å². The number of rotatable bonds is 7. The molecule has 140 valence electrons. The summed E-state index contributed by atoms with van der Waals surface area (Å²) in [5.41, 5.74) is 2.16. The number of hydrogen-bond donors (Lipinski definition) is 2. The van der Waals surface area contributed by atoms with Gasteiger partial charge in [0.25, 0.3) is 5.91 Å². The number of amides is 1. The average Bonchev–Trinajstić information content (AvgIpc) is 2.72. The zero-order chi connectivity index (χ0) is 19.9. The Bertz CT molecular complexity index is 785. The molecule has 0 aromatic heterocycles. The summed E-state index contributed by atoms with van der Waals surface area (Å²) in [4.78, 5) is 12.0. The number of allylic oxidation sites excluding steroid dienone is 2. The van der Waals surface area contributed by atoms with Gasteiger partial charge in [0.05, 0.1) is 0 Å². The number of phenols is 1. The van der Waals surface area contributed by atoms with Crippen LogP contribution in [0.1, 0.15) is 31.4 Å². The van der Waals surface area contributed by atoms with E-state index in [-0.39, 0.29) is 17.2 Å². The fourth-order valence-corrected chi connectivity index (χ4v) is 2.24. The quantitative estimate of drug-likeness (QED) is 0.326. The van der Waals surface area contributed by atoms with Crippen LogP contribution in [-0.4, -0.2) is 17.6 Å². The number of nitriles is 1. The standard InChI is InChI=1S/C21H20N2O2.C2H6/c22-16-19(10-4-8-18-11-13-20(24)14-12-18)21(25)23-15-5-9-17-6-2-1-3-7-17;1-2/h1-4,6-8,10-14,24H,5,9,15H2,(H,23,25);1-2H3/b8-4+,19-10+;. The molecule has 1 amide bonds. The van der Waals surface area contributed by atoms with Gasteiger partial charge >= 0.3 is 0 Å². The van der Waals surface area contributed by atoms with Crippen LogP contribution in [-0.2, 0) is 11.2 Å². The van der Waals surface area contributed by atoms with Crippen LogP contribution in [0.5, 0.6) is 5.75 Å². The Labute approximate surface area is 161 Å². The van der Waals surface area contributed by atoms with E-state index in [0.29, 0.717) is 6.54 Å². The predicted molar refractivity (Wildman–Crippen MR) is 110 cm³/mol. The molecule has 0 aliphatic rings. The molecule has 0 heterocycles. The van der Waals surface area contributed by atoms with Crippen LogP contribution in [0, 0.1) is 11.3 Å². The third-order valence-corrected chi connectivity index (χ3v) is 3.58. The molecule has 27 heavy (non-hydrogen) atoms. The fraction of sp³-hybridized carbons (Fsp3) is 0.217. The first kappa shape index (κ1) is 21.7. The van der Waals surface area contributed by atoms with Crippen molar-refractivity contribution in [2.75, 3.05) is 6.54 Å². The monoisotopic (exact) mass is 362 g/mol. The Morgan fingerprint density at radius 3 is 2.41 bits per heavy atom. The number of carbonyl (C=O) groups is 1. The van der Waals surface area contributed by atoms with Crippen LogP contribution < -0.4 is 5.32 Å². The molecule has 2 N–H and O–H groups in total. The van der Waals surface area contributed by atoms with Crippen LogP contribution in [0.3, 0.4) is 0 Å². The van der Waals surface area contributed by atoms with E-state index in [1.807, 2.05) is 38.1 Å². The third kappa shape index (κ3) is 8.55. The minimum atomic E-state index is -0.370. The second-order valence-corrected chi connectivity index (χ2v) is 5.49. The van der Waals surface area contributed by atoms with E-state index in [0.717, 1.165) is 18.4 Å². The fourth-order valence-electron chi connectivity index (χ4n) is 2.24. The van der Waals surface area contributed by atoms with Crippen molar-refractivity contribution in [3.8, 4) is 11.8 Å². The maximum Gasteiger partial charge on any atom is 0.261 e. The largest absolute Gasteiger partial charge is 0.508 e. The highest BCUT2D eigenvalue weighted by Gasteiger charge is 2.06. The molecule has 0 saturated carbocycles. The van der Waals surface area contributed by atoms with Gasteiger partial charge in [-0.25, -0.2) is 0 Å². The lowest BCUT2D eigenvalue weighted by atomic mass is 10.1. The zero-order valence-corrected chi connectivity index (χ0v) is 15.9. The number of aromatic hydroxyl groups is 1. The maximum atomic E-state index is 12.0. The summed E-state index contributed by atoms with van der Waals surface area (Å²) < 4.78 is 0. The van der Waals surface area contributed by atoms with Crippen molar-refractivity contribution >= 4 is 12.0 Å². The van der Waals surface area contributed by atoms with E-state index in [1.54, 1.807) is 36.4 Å². The Morgan fingerprint density at radius 1 is 1.11 bits per heavy atom. The molecule has 0 aliphatic carbocycles. The van der Waals surface area contributed by atoms with Crippen LogP contribution >= 0.6 is 0 Å². The highest BCUT2D eigenvalue weighted by Crippen LogP contribution is 2.11. The van der Waals surface area contributed by atoms with Crippen molar-refractivity contribution in [1.82, 2.24) is 5.32 Å². The average molecular weight is 362 g/mol. The number of hydrogen-bond acceptors (Lipinski definition) is 3. The summed E-state index contributed by atoms with van der Waals surface area (Å²) in [5.74, 6) is -0.175. The maximum absolute atomic E-state index is 12.0. The molecule has 2 rings (SSSR count). The van der Waals surface area contributed by atoms with Gasteiger partial charge in [-0.1, -0.05) is 68.5 Å². The number of phenolic OH excluding ortho intramolecular Hbond substituents is 1. The first-order valence-corrected chi connectivity index (χ1v) is 9.08. The van der Waals surface area contributed by atoms with E-state index >= 15 is 0 Å². The van der Waals surface area contributed by atoms with Crippen molar-refractivity contribution < 1.29 is 9.90 Å². The zero-order valence-electron chi connectivity index (χ0n) is 15.9. The van der Waals surface area contributed by atoms with Gasteiger partial charge < -0.3 is 10.4 Å². The summed E-state index contributed by atoms with van der Waals surface area (Å²) in [6.07, 6.45) is 6.60. The van der Waals surface area contributed by atoms with Gasteiger partial charge in [0.2, 0.25) is 0 Å². The van der Waals surface area contributed by atoms with Crippen molar-refractivity contribution in [2.24, 2.45) is 0 Å². The highest BCUT2D eigenvalue weighted by molar-refractivity contribution is 5.97. The molecule has 0 saturated heterocycles. The van der Waals surface area contributed by atoms with Crippen molar-refractivity contribution in [3.63, 3.8) is 0 Å². The van der Waals surface area contributed by atoms with E-state index in [2.05, 4.69) is 17.4 Å². The lowest BCUT2D eigenvalue weighted by Gasteiger charge is -2.04. The van der Waals surface area contributed by atoms with Gasteiger partial charge in [-0.2, -0.15) is 5.26 Å². The van der Waals surface area contributed by atoms with Gasteiger partial charge in [-0.05, 0) is 42.2 Å². The van der Waals surface area contributed by atoms with Gasteiger partial charge in [0.1, 0.15) is 17.4 Å². The number of carbonyl (C=O) groups excluding carboxylic acids is 1. The van der Waals surface area contributed by atoms with Crippen molar-refractivity contribution in [3.05, 3.63) is 83.4 Å². The minimum absolute atomic E-state index is 0.0646. The summed E-state index contributed by atoms with van der Waals surface area (Å²) in [6.45, 7) is 4.52. The number of nitrogens with zero attached hydrogens (tertiary/aromatic N) is 1. The minimum Gasteiger partial charge on any atom is -0.508 e. The summed E-state index contributed by atoms with van der Waals surface area (Å²) in [5, 5.41) is 21.1. The van der Waals surface area contributed by atoms with Crippen LogP contribution in [0.25, 0.3) is 6.08 Å². The Kier molecular flexibility index (Phi) is 10.4. The van der Waals surface area contributed by atoms with E-state index in [1.165, 1.54) is 11.6 Å². The predicted octanol–water partition coefficient (Wildman–Crippen LogP) is 4.63. The second-order valence-electron chi connectivity index (χ2n) is 5.49. The van der Waals surface area contributed by atoms with E-state index in [9.17, 15) is 9.90 Å². The normalized spacial score (nSPS) is 10.6. The molecule has 4 heteroatoms. The lowest BCUT2D eigenvalue weighted by molar-refractivity contribution is -0.117. The summed E-state index contributed by atoms with van der Waals surface area (Å²) in [6, 6.07) is 18.6. The van der Waals surface area contributed by atoms with Crippen molar-refractivity contribution in [1.29, 1.82) is 5.26 Å². The van der Waals surface area contributed by atoms with Crippen LogP contribution in [0.15, 0.2) is 72.3 Å². The first-order valence-electron chi connectivity index (χ1n) is 9.08. The molecule has 0 aliphatic heterocycles. The van der Waals surface area contributed by atoms with Crippen LogP contribution in [0.2, 0.25) is 0 Å². The molecule has 0 radical (unpaired) electrons. The first-order chi connectivity index (χ1) is 13.2. The van der Waals surface area contributed by atoms with E-state index in [4.69, 9.17) is 5.26 Å². The molecule has 0 unspecified atom stereocenters. The molecule has 2 aromatic rings. The van der Waals surface area contributed by atoms with E-state index < -0.39 is 0 Å². The molecular formula is C23H26N2O2. The molecule has 0 fully saturated rings. The van der Waals surface area contributed by atoms with Gasteiger partial charge in [0, 0.05) is 6.54 Å². The lowest BCUT2D eigenvalue weighted by Crippen LogP contribution is -2.25. The third-order valence-electron chi connectivity index (χ3n) is 3.58. The smallest absolute Gasteiger partial charge is 0.261 e. The molecular weight excluding hydrogens is 336 g/mol. The highest BCUT2D eigenvalue weighted by atomic mass is 16.3. The summed E-state index contributed by atoms with van der Waals surface area (Å²) in [7, 11) is 0. The van der Waals surface area contributed by atoms with Gasteiger partial charge in [0.15, 0.2) is 0 Å². The summed E-state index contributed by atoms with van der Waals surface area (Å²) >= 11 is 0. The number of nitrogens with one attached hydrogen (secondary N) is 1. The molecule has 0 spiro atoms. The SMILES string of the molecule is CC.N#C/C(=C\C=C\c1ccc(O)cc1)C(=O)NCCCc1ccccc1. The number of benzene rings is 2. The second kappa shape index (κ2) is 13.0. The molecule has 0 atom stereocenters. The van der Waals surface area contributed by atoms with Gasteiger partial charge in [-0.3, -0.25) is 4.79 Å². The van der Waals surface area contributed by atoms with Crippen LogP contribution in [0.4, 0.5) is 0 Å². The Balaban J connectivity index is 0.00000176. The molecule has 2 aromatic carbocycles. The Hall–Kier alpha value is -3.32. The number of aryl methyl sites for hydroxylation is 1. The van der Waals surface area contributed by atoms with Gasteiger partial charge in [-0.15, -0.1) is 0 Å².